The number of hydrogen-bond donors (Lipinski definition) is 1. The molecule has 1 heterocycles. The van der Waals surface area contributed by atoms with Crippen molar-refractivity contribution in [3.63, 3.8) is 0 Å². The Hall–Kier alpha value is -0.900. The van der Waals surface area contributed by atoms with Crippen LogP contribution in [0.1, 0.15) is 39.0 Å². The zero-order valence-electron chi connectivity index (χ0n) is 9.82. The average molecular weight is 224 g/mol. The van der Waals surface area contributed by atoms with Gasteiger partial charge in [0.05, 0.1) is 12.1 Å². The fourth-order valence-electron chi connectivity index (χ4n) is 2.31. The first-order valence-corrected chi connectivity index (χ1v) is 6.24. The molecule has 4 nitrogen and oxygen atoms in total. The summed E-state index contributed by atoms with van der Waals surface area (Å²) in [4.78, 5) is 24.9. The van der Waals surface area contributed by atoms with Crippen molar-refractivity contribution in [1.82, 2.24) is 10.2 Å². The molecule has 1 amide bonds. The van der Waals surface area contributed by atoms with Crippen LogP contribution in [0.15, 0.2) is 0 Å². The van der Waals surface area contributed by atoms with Crippen molar-refractivity contribution in [2.24, 2.45) is 0 Å². The normalized spacial score (nSPS) is 28.4. The highest BCUT2D eigenvalue weighted by molar-refractivity contribution is 5.82. The van der Waals surface area contributed by atoms with Gasteiger partial charge in [0.15, 0.2) is 0 Å². The van der Waals surface area contributed by atoms with E-state index in [1.54, 1.807) is 0 Å². The van der Waals surface area contributed by atoms with Crippen molar-refractivity contribution in [3.8, 4) is 0 Å². The second-order valence-corrected chi connectivity index (χ2v) is 4.90. The Labute approximate surface area is 96.4 Å². The quantitative estimate of drug-likeness (QED) is 0.715. The summed E-state index contributed by atoms with van der Waals surface area (Å²) in [7, 11) is 0. The zero-order chi connectivity index (χ0) is 11.5. The smallest absolute Gasteiger partial charge is 0.237 e. The number of nitrogens with one attached hydrogen (secondary N) is 1. The number of carbonyl (C=O) groups is 2. The topological polar surface area (TPSA) is 49.4 Å². The van der Waals surface area contributed by atoms with Crippen molar-refractivity contribution < 1.29 is 9.59 Å². The number of piperidine rings is 1. The van der Waals surface area contributed by atoms with Crippen LogP contribution in [-0.4, -0.2) is 41.8 Å². The molecule has 1 aliphatic carbocycles. The number of rotatable bonds is 4. The summed E-state index contributed by atoms with van der Waals surface area (Å²) >= 11 is 0. The number of carbonyl (C=O) groups excluding carboxylic acids is 2. The van der Waals surface area contributed by atoms with E-state index in [2.05, 4.69) is 5.32 Å². The van der Waals surface area contributed by atoms with Gasteiger partial charge in [-0.25, -0.2) is 0 Å². The van der Waals surface area contributed by atoms with Crippen LogP contribution in [0.25, 0.3) is 0 Å². The highest BCUT2D eigenvalue weighted by atomic mass is 16.2. The Balaban J connectivity index is 1.91. The van der Waals surface area contributed by atoms with Crippen molar-refractivity contribution in [2.75, 3.05) is 6.54 Å². The van der Waals surface area contributed by atoms with Crippen LogP contribution in [0.2, 0.25) is 0 Å². The van der Waals surface area contributed by atoms with Gasteiger partial charge in [-0.1, -0.05) is 6.42 Å². The first kappa shape index (κ1) is 11.6. The van der Waals surface area contributed by atoms with E-state index in [-0.39, 0.29) is 18.0 Å². The van der Waals surface area contributed by atoms with Crippen LogP contribution in [0, 0.1) is 0 Å². The van der Waals surface area contributed by atoms with Crippen LogP contribution in [-0.2, 0) is 9.59 Å². The summed E-state index contributed by atoms with van der Waals surface area (Å²) in [5, 5.41) is 3.00. The lowest BCUT2D eigenvalue weighted by Gasteiger charge is -2.36. The largest absolute Gasteiger partial charge is 0.352 e. The summed E-state index contributed by atoms with van der Waals surface area (Å²) in [5.74, 6) is 0.0799. The lowest BCUT2D eigenvalue weighted by Crippen LogP contribution is -2.52. The van der Waals surface area contributed by atoms with Crippen molar-refractivity contribution in [2.45, 2.75) is 57.2 Å². The van der Waals surface area contributed by atoms with E-state index in [1.165, 1.54) is 0 Å². The zero-order valence-corrected chi connectivity index (χ0v) is 9.82. The minimum atomic E-state index is -0.170. The Morgan fingerprint density at radius 3 is 2.75 bits per heavy atom. The Morgan fingerprint density at radius 1 is 1.38 bits per heavy atom. The van der Waals surface area contributed by atoms with Gasteiger partial charge in [0, 0.05) is 6.04 Å². The van der Waals surface area contributed by atoms with Crippen molar-refractivity contribution in [3.05, 3.63) is 0 Å². The molecule has 2 atom stereocenters. The maximum absolute atomic E-state index is 11.9. The van der Waals surface area contributed by atoms with Gasteiger partial charge in [-0.2, -0.15) is 0 Å². The maximum atomic E-state index is 11.9. The standard InChI is InChI=1S/C12H20N2O2/c1-9(12(16)13-10-5-6-10)14-7-3-2-4-11(14)8-15/h8-11H,2-7H2,1H3,(H,13,16). The molecule has 2 rings (SSSR count). The third kappa shape index (κ3) is 2.61. The minimum Gasteiger partial charge on any atom is -0.352 e. The Morgan fingerprint density at radius 2 is 2.12 bits per heavy atom. The van der Waals surface area contributed by atoms with E-state index in [1.807, 2.05) is 11.8 Å². The summed E-state index contributed by atoms with van der Waals surface area (Å²) in [6.07, 6.45) is 6.28. The van der Waals surface area contributed by atoms with Gasteiger partial charge in [-0.3, -0.25) is 9.69 Å². The van der Waals surface area contributed by atoms with Gasteiger partial charge in [0.2, 0.25) is 5.91 Å². The van der Waals surface area contributed by atoms with E-state index in [0.717, 1.165) is 44.9 Å². The molecule has 2 unspecified atom stereocenters. The lowest BCUT2D eigenvalue weighted by atomic mass is 10.0. The summed E-state index contributed by atoms with van der Waals surface area (Å²) in [5.41, 5.74) is 0. The van der Waals surface area contributed by atoms with E-state index < -0.39 is 0 Å². The van der Waals surface area contributed by atoms with E-state index in [4.69, 9.17) is 0 Å². The highest BCUT2D eigenvalue weighted by Crippen LogP contribution is 2.21. The number of hydrogen-bond acceptors (Lipinski definition) is 3. The molecule has 0 radical (unpaired) electrons. The van der Waals surface area contributed by atoms with Gasteiger partial charge in [0.1, 0.15) is 6.29 Å². The van der Waals surface area contributed by atoms with Crippen LogP contribution in [0.5, 0.6) is 0 Å². The minimum absolute atomic E-state index is 0.0614. The molecular weight excluding hydrogens is 204 g/mol. The Kier molecular flexibility index (Phi) is 3.59. The molecule has 1 aliphatic heterocycles. The molecule has 2 aliphatic rings. The molecule has 0 aromatic rings. The molecule has 0 bridgehead atoms. The lowest BCUT2D eigenvalue weighted by molar-refractivity contribution is -0.129. The van der Waals surface area contributed by atoms with Gasteiger partial charge in [0.25, 0.3) is 0 Å². The average Bonchev–Trinajstić information content (AvgIpc) is 3.11. The molecule has 16 heavy (non-hydrogen) atoms. The Bertz CT molecular complexity index is 276. The number of aldehydes is 1. The van der Waals surface area contributed by atoms with Crippen molar-refractivity contribution in [1.29, 1.82) is 0 Å². The molecule has 1 saturated carbocycles. The van der Waals surface area contributed by atoms with Gasteiger partial charge >= 0.3 is 0 Å². The predicted molar refractivity (Wildman–Crippen MR) is 61.0 cm³/mol. The van der Waals surface area contributed by atoms with Crippen LogP contribution < -0.4 is 5.32 Å². The maximum Gasteiger partial charge on any atom is 0.237 e. The van der Waals surface area contributed by atoms with Gasteiger partial charge in [-0.05, 0) is 39.2 Å². The van der Waals surface area contributed by atoms with Crippen LogP contribution in [0.3, 0.4) is 0 Å². The molecule has 1 N–H and O–H groups in total. The number of nitrogens with zero attached hydrogens (tertiary/aromatic N) is 1. The van der Waals surface area contributed by atoms with Crippen LogP contribution in [0.4, 0.5) is 0 Å². The fraction of sp³-hybridized carbons (Fsp3) is 0.833. The third-order valence-corrected chi connectivity index (χ3v) is 3.55. The molecular formula is C12H20N2O2. The molecule has 4 heteroatoms. The second-order valence-electron chi connectivity index (χ2n) is 4.90. The molecule has 1 saturated heterocycles. The SMILES string of the molecule is CC(C(=O)NC1CC1)N1CCCCC1C=O. The molecule has 0 aromatic heterocycles. The monoisotopic (exact) mass is 224 g/mol. The predicted octanol–water partition coefficient (Wildman–Crippen LogP) is 0.707. The first-order chi connectivity index (χ1) is 7.72. The molecule has 2 fully saturated rings. The highest BCUT2D eigenvalue weighted by Gasteiger charge is 2.32. The summed E-state index contributed by atoms with van der Waals surface area (Å²) in [6.45, 7) is 2.77. The van der Waals surface area contributed by atoms with E-state index in [0.29, 0.717) is 6.04 Å². The van der Waals surface area contributed by atoms with Crippen molar-refractivity contribution >= 4 is 12.2 Å². The number of likely N-dealkylation sites (tertiary alicyclic amines) is 1. The molecule has 0 spiro atoms. The molecule has 90 valence electrons. The third-order valence-electron chi connectivity index (χ3n) is 3.55. The summed E-state index contributed by atoms with van der Waals surface area (Å²) < 4.78 is 0. The molecule has 0 aromatic carbocycles. The summed E-state index contributed by atoms with van der Waals surface area (Å²) in [6, 6.07) is 0.166. The fourth-order valence-corrected chi connectivity index (χ4v) is 2.31. The van der Waals surface area contributed by atoms with Crippen LogP contribution >= 0.6 is 0 Å². The number of amides is 1. The van der Waals surface area contributed by atoms with E-state index in [9.17, 15) is 9.59 Å². The van der Waals surface area contributed by atoms with Gasteiger partial charge < -0.3 is 10.1 Å². The second kappa shape index (κ2) is 4.95. The van der Waals surface area contributed by atoms with Gasteiger partial charge in [-0.15, -0.1) is 0 Å². The first-order valence-electron chi connectivity index (χ1n) is 6.24. The van der Waals surface area contributed by atoms with E-state index >= 15 is 0 Å².